The molecule has 0 aliphatic heterocycles. The van der Waals surface area contributed by atoms with Crippen molar-refractivity contribution in [3.8, 4) is 0 Å². The summed E-state index contributed by atoms with van der Waals surface area (Å²) >= 11 is 0. The van der Waals surface area contributed by atoms with Crippen molar-refractivity contribution in [3.63, 3.8) is 0 Å². The molecule has 0 radical (unpaired) electrons. The first kappa shape index (κ1) is 26.1. The van der Waals surface area contributed by atoms with E-state index in [9.17, 15) is 19.2 Å². The highest BCUT2D eigenvalue weighted by Crippen LogP contribution is 2.11. The Morgan fingerprint density at radius 1 is 1.06 bits per heavy atom. The highest BCUT2D eigenvalue weighted by Gasteiger charge is 2.32. The second-order valence-corrected chi connectivity index (χ2v) is 7.74. The van der Waals surface area contributed by atoms with Crippen molar-refractivity contribution in [2.75, 3.05) is 6.54 Å². The standard InChI is InChI=1S/C20H34N6O5/c1-5-11(3)16(21)19(30)26-17(12(4)6-2)20(31)25-14(7-13-8-22-10-24-13)18(29)23-9-15(27)28/h8,10-12,14,16-17H,5-7,9,21H2,1-4H3,(H,22,24)(H,23,29)(H,25,31)(H,26,30)(H,27,28). The average molecular weight is 439 g/mol. The number of aromatic nitrogens is 2. The Morgan fingerprint density at radius 2 is 1.71 bits per heavy atom. The van der Waals surface area contributed by atoms with Crippen molar-refractivity contribution >= 4 is 23.7 Å². The highest BCUT2D eigenvalue weighted by atomic mass is 16.4. The molecule has 1 heterocycles. The maximum atomic E-state index is 13.0. The number of hydrogen-bond acceptors (Lipinski definition) is 6. The molecule has 174 valence electrons. The number of imidazole rings is 1. The number of carboxylic acids is 1. The Morgan fingerprint density at radius 3 is 2.23 bits per heavy atom. The zero-order valence-electron chi connectivity index (χ0n) is 18.5. The summed E-state index contributed by atoms with van der Waals surface area (Å²) in [5.41, 5.74) is 6.58. The van der Waals surface area contributed by atoms with Gasteiger partial charge in [-0.25, -0.2) is 4.98 Å². The van der Waals surface area contributed by atoms with E-state index >= 15 is 0 Å². The first-order chi connectivity index (χ1) is 14.6. The van der Waals surface area contributed by atoms with Crippen molar-refractivity contribution in [3.05, 3.63) is 18.2 Å². The van der Waals surface area contributed by atoms with E-state index in [1.807, 2.05) is 27.7 Å². The van der Waals surface area contributed by atoms with Crippen LogP contribution >= 0.6 is 0 Å². The molecule has 0 bridgehead atoms. The molecule has 11 nitrogen and oxygen atoms in total. The minimum Gasteiger partial charge on any atom is -0.480 e. The van der Waals surface area contributed by atoms with E-state index in [1.54, 1.807) is 0 Å². The number of aromatic amines is 1. The van der Waals surface area contributed by atoms with E-state index in [2.05, 4.69) is 25.9 Å². The fourth-order valence-corrected chi connectivity index (χ4v) is 2.84. The summed E-state index contributed by atoms with van der Waals surface area (Å²) in [5, 5.41) is 16.4. The molecule has 5 unspecified atom stereocenters. The topological polar surface area (TPSA) is 179 Å². The molecule has 31 heavy (non-hydrogen) atoms. The van der Waals surface area contributed by atoms with Crippen LogP contribution in [0.3, 0.4) is 0 Å². The molecular weight excluding hydrogens is 404 g/mol. The molecule has 0 spiro atoms. The zero-order chi connectivity index (χ0) is 23.6. The second kappa shape index (κ2) is 12.7. The number of rotatable bonds is 13. The molecule has 0 aromatic carbocycles. The van der Waals surface area contributed by atoms with Crippen LogP contribution in [0.15, 0.2) is 12.5 Å². The molecule has 0 aliphatic rings. The van der Waals surface area contributed by atoms with Gasteiger partial charge in [-0.1, -0.05) is 40.5 Å². The molecular formula is C20H34N6O5. The van der Waals surface area contributed by atoms with Crippen LogP contribution in [0.2, 0.25) is 0 Å². The third-order valence-corrected chi connectivity index (χ3v) is 5.38. The number of amides is 3. The van der Waals surface area contributed by atoms with Crippen molar-refractivity contribution in [1.29, 1.82) is 0 Å². The smallest absolute Gasteiger partial charge is 0.322 e. The van der Waals surface area contributed by atoms with Gasteiger partial charge in [-0.2, -0.15) is 0 Å². The summed E-state index contributed by atoms with van der Waals surface area (Å²) in [7, 11) is 0. The fraction of sp³-hybridized carbons (Fsp3) is 0.650. The summed E-state index contributed by atoms with van der Waals surface area (Å²) in [5.74, 6) is -3.12. The molecule has 0 fully saturated rings. The summed E-state index contributed by atoms with van der Waals surface area (Å²) in [6.07, 6.45) is 4.33. The quantitative estimate of drug-likeness (QED) is 0.241. The molecule has 7 N–H and O–H groups in total. The van der Waals surface area contributed by atoms with Crippen LogP contribution < -0.4 is 21.7 Å². The number of carbonyl (C=O) groups is 4. The molecule has 0 saturated carbocycles. The van der Waals surface area contributed by atoms with Gasteiger partial charge >= 0.3 is 5.97 Å². The number of nitrogens with zero attached hydrogens (tertiary/aromatic N) is 1. The lowest BCUT2D eigenvalue weighted by Crippen LogP contribution is -2.58. The van der Waals surface area contributed by atoms with Gasteiger partial charge in [-0.15, -0.1) is 0 Å². The number of carbonyl (C=O) groups excluding carboxylic acids is 3. The molecule has 1 aromatic heterocycles. The normalized spacial score (nSPS) is 15.8. The van der Waals surface area contributed by atoms with Gasteiger partial charge in [0.25, 0.3) is 0 Å². The SMILES string of the molecule is CCC(C)C(N)C(=O)NC(C(=O)NC(Cc1cnc[nH]1)C(=O)NCC(=O)O)C(C)CC. The van der Waals surface area contributed by atoms with Crippen LogP contribution in [0.4, 0.5) is 0 Å². The molecule has 1 rings (SSSR count). The van der Waals surface area contributed by atoms with E-state index in [-0.39, 0.29) is 18.3 Å². The van der Waals surface area contributed by atoms with Crippen LogP contribution in [-0.2, 0) is 25.6 Å². The Balaban J connectivity index is 2.98. The summed E-state index contributed by atoms with van der Waals surface area (Å²) in [4.78, 5) is 55.6. The Labute approximate surface area is 181 Å². The Bertz CT molecular complexity index is 738. The van der Waals surface area contributed by atoms with Crippen molar-refractivity contribution in [2.45, 2.75) is 65.1 Å². The van der Waals surface area contributed by atoms with Crippen molar-refractivity contribution in [2.24, 2.45) is 17.6 Å². The fourth-order valence-electron chi connectivity index (χ4n) is 2.84. The van der Waals surface area contributed by atoms with Gasteiger partial charge in [0.05, 0.1) is 12.4 Å². The van der Waals surface area contributed by atoms with Crippen LogP contribution in [0.1, 0.15) is 46.2 Å². The Kier molecular flexibility index (Phi) is 10.7. The third-order valence-electron chi connectivity index (χ3n) is 5.38. The minimum atomic E-state index is -1.20. The largest absolute Gasteiger partial charge is 0.480 e. The zero-order valence-corrected chi connectivity index (χ0v) is 18.5. The number of aliphatic carboxylic acids is 1. The second-order valence-electron chi connectivity index (χ2n) is 7.74. The molecule has 3 amide bonds. The predicted octanol–water partition coefficient (Wildman–Crippen LogP) is -0.458. The van der Waals surface area contributed by atoms with E-state index in [4.69, 9.17) is 10.8 Å². The molecule has 5 atom stereocenters. The maximum Gasteiger partial charge on any atom is 0.322 e. The number of H-pyrrole nitrogens is 1. The molecule has 0 saturated heterocycles. The van der Waals surface area contributed by atoms with E-state index in [0.717, 1.165) is 0 Å². The van der Waals surface area contributed by atoms with Gasteiger partial charge in [-0.05, 0) is 11.8 Å². The van der Waals surface area contributed by atoms with Gasteiger partial charge in [0.15, 0.2) is 0 Å². The van der Waals surface area contributed by atoms with Crippen molar-refractivity contribution < 1.29 is 24.3 Å². The van der Waals surface area contributed by atoms with Gasteiger partial charge in [0.1, 0.15) is 18.6 Å². The lowest BCUT2D eigenvalue weighted by atomic mass is 9.95. The molecule has 11 heteroatoms. The first-order valence-electron chi connectivity index (χ1n) is 10.4. The van der Waals surface area contributed by atoms with Gasteiger partial charge < -0.3 is 31.8 Å². The van der Waals surface area contributed by atoms with Crippen LogP contribution in [-0.4, -0.2) is 63.4 Å². The summed E-state index contributed by atoms with van der Waals surface area (Å²) in [6, 6.07) is -2.72. The lowest BCUT2D eigenvalue weighted by Gasteiger charge is -2.28. The van der Waals surface area contributed by atoms with Gasteiger partial charge in [-0.3, -0.25) is 19.2 Å². The highest BCUT2D eigenvalue weighted by molar-refractivity contribution is 5.94. The third kappa shape index (κ3) is 8.36. The Hall–Kier alpha value is -2.95. The summed E-state index contributed by atoms with van der Waals surface area (Å²) < 4.78 is 0. The van der Waals surface area contributed by atoms with Gasteiger partial charge in [0.2, 0.25) is 17.7 Å². The van der Waals surface area contributed by atoms with Crippen LogP contribution in [0.25, 0.3) is 0 Å². The first-order valence-corrected chi connectivity index (χ1v) is 10.4. The van der Waals surface area contributed by atoms with E-state index < -0.39 is 48.4 Å². The lowest BCUT2D eigenvalue weighted by molar-refractivity contribution is -0.138. The van der Waals surface area contributed by atoms with E-state index in [1.165, 1.54) is 12.5 Å². The maximum absolute atomic E-state index is 13.0. The average Bonchev–Trinajstić information content (AvgIpc) is 3.26. The number of carboxylic acid groups (broad SMARTS) is 1. The van der Waals surface area contributed by atoms with Gasteiger partial charge in [0, 0.05) is 18.3 Å². The number of nitrogens with one attached hydrogen (secondary N) is 4. The van der Waals surface area contributed by atoms with E-state index in [0.29, 0.717) is 18.5 Å². The van der Waals surface area contributed by atoms with Crippen LogP contribution in [0, 0.1) is 11.8 Å². The van der Waals surface area contributed by atoms with Crippen molar-refractivity contribution in [1.82, 2.24) is 25.9 Å². The minimum absolute atomic E-state index is 0.0597. The predicted molar refractivity (Wildman–Crippen MR) is 114 cm³/mol. The molecule has 1 aromatic rings. The number of nitrogens with two attached hydrogens (primary N) is 1. The monoisotopic (exact) mass is 438 g/mol. The number of hydrogen-bond donors (Lipinski definition) is 6. The molecule has 0 aliphatic carbocycles. The van der Waals surface area contributed by atoms with Crippen LogP contribution in [0.5, 0.6) is 0 Å². The summed E-state index contributed by atoms with van der Waals surface area (Å²) in [6.45, 7) is 6.90.